The van der Waals surface area contributed by atoms with E-state index in [0.717, 1.165) is 6.08 Å². The maximum absolute atomic E-state index is 13.2. The first-order valence-corrected chi connectivity index (χ1v) is 4.95. The molecule has 0 N–H and O–H groups in total. The van der Waals surface area contributed by atoms with Crippen LogP contribution in [0.3, 0.4) is 0 Å². The van der Waals surface area contributed by atoms with Crippen LogP contribution in [-0.2, 0) is 11.3 Å². The Hall–Kier alpha value is -1.97. The summed E-state index contributed by atoms with van der Waals surface area (Å²) < 4.78 is 31.1. The van der Waals surface area contributed by atoms with Gasteiger partial charge in [-0.3, -0.25) is 4.98 Å². The van der Waals surface area contributed by atoms with E-state index in [1.54, 1.807) is 6.92 Å². The second kappa shape index (κ2) is 5.94. The summed E-state index contributed by atoms with van der Waals surface area (Å²) in [6, 6.07) is 2.77. The standard InChI is InChI=1S/C13H13F2NO/c1-9(2)13(7-10(3)14)17-8-12-11(15)5-4-6-16-12/h4-7H,1,3,8H2,2H3/b13-7+. The molecular weight excluding hydrogens is 224 g/mol. The predicted octanol–water partition coefficient (Wildman–Crippen LogP) is 3.68. The van der Waals surface area contributed by atoms with Gasteiger partial charge >= 0.3 is 0 Å². The van der Waals surface area contributed by atoms with Crippen molar-refractivity contribution in [3.8, 4) is 0 Å². The molecule has 0 radical (unpaired) electrons. The first-order valence-electron chi connectivity index (χ1n) is 4.95. The SMILES string of the molecule is C=C(F)/C=C(/OCc1ncccc1F)C(=C)C. The van der Waals surface area contributed by atoms with Gasteiger partial charge in [0.2, 0.25) is 0 Å². The van der Waals surface area contributed by atoms with Crippen molar-refractivity contribution in [2.45, 2.75) is 13.5 Å². The van der Waals surface area contributed by atoms with Crippen LogP contribution in [0.1, 0.15) is 12.6 Å². The monoisotopic (exact) mass is 237 g/mol. The van der Waals surface area contributed by atoms with Gasteiger partial charge in [0.25, 0.3) is 0 Å². The third-order valence-corrected chi connectivity index (χ3v) is 1.91. The van der Waals surface area contributed by atoms with Gasteiger partial charge in [-0.25, -0.2) is 8.78 Å². The Balaban J connectivity index is 2.75. The fourth-order valence-corrected chi connectivity index (χ4v) is 1.10. The molecule has 0 aliphatic rings. The quantitative estimate of drug-likeness (QED) is 0.575. The minimum Gasteiger partial charge on any atom is -0.487 e. The van der Waals surface area contributed by atoms with Crippen LogP contribution >= 0.6 is 0 Å². The van der Waals surface area contributed by atoms with Gasteiger partial charge < -0.3 is 4.74 Å². The molecule has 0 spiro atoms. The number of ether oxygens (including phenoxy) is 1. The third kappa shape index (κ3) is 4.18. The van der Waals surface area contributed by atoms with Crippen LogP contribution in [0.15, 0.2) is 54.7 Å². The van der Waals surface area contributed by atoms with Crippen molar-refractivity contribution in [1.82, 2.24) is 4.98 Å². The van der Waals surface area contributed by atoms with Gasteiger partial charge in [0.1, 0.15) is 29.7 Å². The van der Waals surface area contributed by atoms with Crippen LogP contribution < -0.4 is 0 Å². The topological polar surface area (TPSA) is 22.1 Å². The number of pyridine rings is 1. The van der Waals surface area contributed by atoms with E-state index in [1.807, 2.05) is 0 Å². The fraction of sp³-hybridized carbons (Fsp3) is 0.154. The van der Waals surface area contributed by atoms with Crippen LogP contribution in [-0.4, -0.2) is 4.98 Å². The number of nitrogens with zero attached hydrogens (tertiary/aromatic N) is 1. The van der Waals surface area contributed by atoms with Gasteiger partial charge in [0.15, 0.2) is 0 Å². The molecule has 1 aromatic rings. The highest BCUT2D eigenvalue weighted by atomic mass is 19.1. The average molecular weight is 237 g/mol. The lowest BCUT2D eigenvalue weighted by atomic mass is 10.2. The smallest absolute Gasteiger partial charge is 0.148 e. The Labute approximate surface area is 98.9 Å². The normalized spacial score (nSPS) is 11.1. The summed E-state index contributed by atoms with van der Waals surface area (Å²) in [6.45, 7) is 8.30. The zero-order valence-electron chi connectivity index (χ0n) is 9.54. The number of hydrogen-bond donors (Lipinski definition) is 0. The summed E-state index contributed by atoms with van der Waals surface area (Å²) >= 11 is 0. The molecule has 0 atom stereocenters. The van der Waals surface area contributed by atoms with Gasteiger partial charge in [-0.15, -0.1) is 0 Å². The molecule has 1 heterocycles. The van der Waals surface area contributed by atoms with E-state index in [4.69, 9.17) is 4.74 Å². The summed E-state index contributed by atoms with van der Waals surface area (Å²) in [6.07, 6.45) is 2.56. The largest absolute Gasteiger partial charge is 0.487 e. The molecule has 2 nitrogen and oxygen atoms in total. The Kier molecular flexibility index (Phi) is 4.57. The summed E-state index contributed by atoms with van der Waals surface area (Å²) in [7, 11) is 0. The molecule has 0 aliphatic carbocycles. The van der Waals surface area contributed by atoms with E-state index in [0.29, 0.717) is 5.57 Å². The lowest BCUT2D eigenvalue weighted by Gasteiger charge is -2.09. The Morgan fingerprint density at radius 2 is 2.24 bits per heavy atom. The lowest BCUT2D eigenvalue weighted by molar-refractivity contribution is 0.198. The molecule has 0 amide bonds. The highest BCUT2D eigenvalue weighted by Crippen LogP contribution is 2.15. The summed E-state index contributed by atoms with van der Waals surface area (Å²) in [5, 5.41) is 0. The minimum atomic E-state index is -0.649. The van der Waals surface area contributed by atoms with Crippen LogP contribution in [0.25, 0.3) is 0 Å². The average Bonchev–Trinajstić information content (AvgIpc) is 2.25. The summed E-state index contributed by atoms with van der Waals surface area (Å²) in [5.74, 6) is -0.889. The van der Waals surface area contributed by atoms with Gasteiger partial charge in [0, 0.05) is 12.3 Å². The number of aromatic nitrogens is 1. The molecule has 1 rings (SSSR count). The maximum Gasteiger partial charge on any atom is 0.148 e. The molecule has 1 aromatic heterocycles. The zero-order valence-corrected chi connectivity index (χ0v) is 9.54. The maximum atomic E-state index is 13.2. The van der Waals surface area contributed by atoms with Gasteiger partial charge in [0.05, 0.1) is 0 Å². The van der Waals surface area contributed by atoms with Crippen molar-refractivity contribution in [3.05, 3.63) is 66.2 Å². The first kappa shape index (κ1) is 13.1. The number of allylic oxidation sites excluding steroid dienone is 3. The van der Waals surface area contributed by atoms with Crippen molar-refractivity contribution in [1.29, 1.82) is 0 Å². The first-order chi connectivity index (χ1) is 8.00. The van der Waals surface area contributed by atoms with Crippen molar-refractivity contribution in [3.63, 3.8) is 0 Å². The lowest BCUT2D eigenvalue weighted by Crippen LogP contribution is -2.00. The molecule has 0 saturated heterocycles. The Bertz CT molecular complexity index is 466. The highest BCUT2D eigenvalue weighted by molar-refractivity contribution is 5.26. The second-order valence-corrected chi connectivity index (χ2v) is 3.46. The van der Waals surface area contributed by atoms with E-state index in [9.17, 15) is 8.78 Å². The number of hydrogen-bond acceptors (Lipinski definition) is 2. The van der Waals surface area contributed by atoms with Gasteiger partial charge in [-0.05, 0) is 24.6 Å². The molecule has 0 aliphatic heterocycles. The summed E-state index contributed by atoms with van der Waals surface area (Å²) in [4.78, 5) is 3.82. The molecule has 17 heavy (non-hydrogen) atoms. The van der Waals surface area contributed by atoms with Crippen molar-refractivity contribution >= 4 is 0 Å². The van der Waals surface area contributed by atoms with Crippen LogP contribution in [0, 0.1) is 5.82 Å². The Morgan fingerprint density at radius 3 is 2.76 bits per heavy atom. The van der Waals surface area contributed by atoms with E-state index < -0.39 is 11.6 Å². The van der Waals surface area contributed by atoms with E-state index in [2.05, 4.69) is 18.1 Å². The van der Waals surface area contributed by atoms with Crippen molar-refractivity contribution in [2.24, 2.45) is 0 Å². The molecule has 4 heteroatoms. The highest BCUT2D eigenvalue weighted by Gasteiger charge is 2.06. The fourth-order valence-electron chi connectivity index (χ4n) is 1.10. The minimum absolute atomic E-state index is 0.0847. The van der Waals surface area contributed by atoms with Gasteiger partial charge in [-0.2, -0.15) is 0 Å². The molecule has 90 valence electrons. The number of rotatable bonds is 5. The Morgan fingerprint density at radius 1 is 1.53 bits per heavy atom. The van der Waals surface area contributed by atoms with E-state index in [1.165, 1.54) is 18.3 Å². The molecule has 0 fully saturated rings. The number of halogens is 2. The second-order valence-electron chi connectivity index (χ2n) is 3.46. The molecular formula is C13H13F2NO. The molecule has 0 aromatic carbocycles. The van der Waals surface area contributed by atoms with Crippen molar-refractivity contribution in [2.75, 3.05) is 0 Å². The van der Waals surface area contributed by atoms with Crippen LogP contribution in [0.4, 0.5) is 8.78 Å². The van der Waals surface area contributed by atoms with Crippen molar-refractivity contribution < 1.29 is 13.5 Å². The molecule has 0 saturated carbocycles. The summed E-state index contributed by atoms with van der Waals surface area (Å²) in [5.41, 5.74) is 0.684. The van der Waals surface area contributed by atoms with Crippen LogP contribution in [0.2, 0.25) is 0 Å². The third-order valence-electron chi connectivity index (χ3n) is 1.91. The predicted molar refractivity (Wildman–Crippen MR) is 62.1 cm³/mol. The van der Waals surface area contributed by atoms with E-state index >= 15 is 0 Å². The van der Waals surface area contributed by atoms with Crippen LogP contribution in [0.5, 0.6) is 0 Å². The molecule has 0 unspecified atom stereocenters. The zero-order chi connectivity index (χ0) is 12.8. The van der Waals surface area contributed by atoms with Gasteiger partial charge in [-0.1, -0.05) is 13.2 Å². The molecule has 0 bridgehead atoms. The van der Waals surface area contributed by atoms with E-state index in [-0.39, 0.29) is 18.1 Å².